The van der Waals surface area contributed by atoms with Crippen molar-refractivity contribution in [3.8, 4) is 0 Å². The highest BCUT2D eigenvalue weighted by atomic mass is 16.3. The lowest BCUT2D eigenvalue weighted by Gasteiger charge is -2.29. The van der Waals surface area contributed by atoms with Crippen molar-refractivity contribution in [1.82, 2.24) is 5.32 Å². The Labute approximate surface area is 104 Å². The van der Waals surface area contributed by atoms with Gasteiger partial charge in [0.05, 0.1) is 6.10 Å². The molecule has 0 amide bonds. The molecule has 0 fully saturated rings. The third-order valence-corrected chi connectivity index (χ3v) is 3.66. The Hall–Kier alpha value is -0.860. The second-order valence-electron chi connectivity index (χ2n) is 5.40. The Morgan fingerprint density at radius 1 is 1.29 bits per heavy atom. The Bertz CT molecular complexity index is 362. The minimum absolute atomic E-state index is 0.217. The summed E-state index contributed by atoms with van der Waals surface area (Å²) in [5.74, 6) is 0.413. The van der Waals surface area contributed by atoms with Crippen LogP contribution in [0.2, 0.25) is 0 Å². The fourth-order valence-corrected chi connectivity index (χ4v) is 2.58. The van der Waals surface area contributed by atoms with Crippen molar-refractivity contribution in [2.75, 3.05) is 6.54 Å². The normalized spacial score (nSPS) is 21.3. The van der Waals surface area contributed by atoms with Gasteiger partial charge in [-0.25, -0.2) is 0 Å². The highest BCUT2D eigenvalue weighted by molar-refractivity contribution is 5.29. The molecule has 0 saturated heterocycles. The average Bonchev–Trinajstić information content (AvgIpc) is 2.35. The summed E-state index contributed by atoms with van der Waals surface area (Å²) >= 11 is 0. The maximum absolute atomic E-state index is 10.2. The van der Waals surface area contributed by atoms with E-state index in [4.69, 9.17) is 0 Å². The molecule has 0 saturated carbocycles. The minimum Gasteiger partial charge on any atom is -0.392 e. The molecule has 0 aromatic heterocycles. The molecule has 1 aromatic carbocycles. The zero-order chi connectivity index (χ0) is 12.3. The van der Waals surface area contributed by atoms with Crippen LogP contribution < -0.4 is 5.32 Å². The number of aliphatic hydroxyl groups excluding tert-OH is 1. The molecule has 94 valence electrons. The molecular formula is C15H23NO. The second kappa shape index (κ2) is 5.65. The maximum Gasteiger partial charge on any atom is 0.0696 e. The molecule has 1 aromatic rings. The van der Waals surface area contributed by atoms with Gasteiger partial charge in [-0.1, -0.05) is 38.1 Å². The Morgan fingerprint density at radius 2 is 2.00 bits per heavy atom. The first-order valence-electron chi connectivity index (χ1n) is 6.65. The van der Waals surface area contributed by atoms with E-state index in [-0.39, 0.29) is 6.10 Å². The van der Waals surface area contributed by atoms with Crippen LogP contribution in [0.5, 0.6) is 0 Å². The standard InChI is InChI=1S/C15H23NO/c1-11(2)16-10-15(17)14-8-7-12-5-3-4-6-13(12)9-14/h3-6,11,14-17H,7-10H2,1-2H3/t14-,15-/m0/s1. The first kappa shape index (κ1) is 12.6. The van der Waals surface area contributed by atoms with Crippen LogP contribution in [0.4, 0.5) is 0 Å². The SMILES string of the molecule is CC(C)NC[C@H](O)[C@H]1CCc2ccccc2C1. The number of nitrogens with one attached hydrogen (secondary N) is 1. The van der Waals surface area contributed by atoms with Gasteiger partial charge in [-0.05, 0) is 36.3 Å². The van der Waals surface area contributed by atoms with Crippen LogP contribution in [-0.4, -0.2) is 23.8 Å². The summed E-state index contributed by atoms with van der Waals surface area (Å²) in [6.07, 6.45) is 3.03. The number of hydrogen-bond donors (Lipinski definition) is 2. The monoisotopic (exact) mass is 233 g/mol. The van der Waals surface area contributed by atoms with Gasteiger partial charge in [0.2, 0.25) is 0 Å². The first-order valence-corrected chi connectivity index (χ1v) is 6.65. The van der Waals surface area contributed by atoms with Crippen LogP contribution >= 0.6 is 0 Å². The molecular weight excluding hydrogens is 210 g/mol. The van der Waals surface area contributed by atoms with E-state index in [9.17, 15) is 5.11 Å². The van der Waals surface area contributed by atoms with Gasteiger partial charge in [-0.15, -0.1) is 0 Å². The fraction of sp³-hybridized carbons (Fsp3) is 0.600. The lowest BCUT2D eigenvalue weighted by Crippen LogP contribution is -2.38. The highest BCUT2D eigenvalue weighted by Gasteiger charge is 2.24. The molecule has 1 aliphatic rings. The van der Waals surface area contributed by atoms with Crippen molar-refractivity contribution < 1.29 is 5.11 Å². The summed E-state index contributed by atoms with van der Waals surface area (Å²) in [4.78, 5) is 0. The van der Waals surface area contributed by atoms with Gasteiger partial charge in [0.1, 0.15) is 0 Å². The van der Waals surface area contributed by atoms with Gasteiger partial charge in [0.15, 0.2) is 0 Å². The third-order valence-electron chi connectivity index (χ3n) is 3.66. The van der Waals surface area contributed by atoms with Crippen LogP contribution in [0.3, 0.4) is 0 Å². The summed E-state index contributed by atoms with van der Waals surface area (Å²) in [7, 11) is 0. The van der Waals surface area contributed by atoms with Crippen LogP contribution in [-0.2, 0) is 12.8 Å². The molecule has 17 heavy (non-hydrogen) atoms. The summed E-state index contributed by atoms with van der Waals surface area (Å²) in [6, 6.07) is 9.06. The van der Waals surface area contributed by atoms with E-state index in [1.54, 1.807) is 0 Å². The minimum atomic E-state index is -0.217. The quantitative estimate of drug-likeness (QED) is 0.835. The zero-order valence-electron chi connectivity index (χ0n) is 10.8. The molecule has 0 radical (unpaired) electrons. The van der Waals surface area contributed by atoms with Crippen molar-refractivity contribution in [3.05, 3.63) is 35.4 Å². The maximum atomic E-state index is 10.2. The van der Waals surface area contributed by atoms with Crippen molar-refractivity contribution in [2.45, 2.75) is 45.3 Å². The van der Waals surface area contributed by atoms with E-state index in [1.165, 1.54) is 11.1 Å². The molecule has 0 aliphatic heterocycles. The molecule has 2 nitrogen and oxygen atoms in total. The largest absolute Gasteiger partial charge is 0.392 e. The number of aliphatic hydroxyl groups is 1. The van der Waals surface area contributed by atoms with Gasteiger partial charge in [-0.3, -0.25) is 0 Å². The van der Waals surface area contributed by atoms with Crippen LogP contribution in [0.1, 0.15) is 31.4 Å². The van der Waals surface area contributed by atoms with Crippen molar-refractivity contribution in [3.63, 3.8) is 0 Å². The molecule has 2 heteroatoms. The van der Waals surface area contributed by atoms with Crippen molar-refractivity contribution >= 4 is 0 Å². The summed E-state index contributed by atoms with van der Waals surface area (Å²) in [5.41, 5.74) is 2.89. The van der Waals surface area contributed by atoms with Crippen LogP contribution in [0.25, 0.3) is 0 Å². The van der Waals surface area contributed by atoms with E-state index in [1.807, 2.05) is 0 Å². The first-order chi connectivity index (χ1) is 8.16. The van der Waals surface area contributed by atoms with Crippen molar-refractivity contribution in [1.29, 1.82) is 0 Å². The molecule has 2 atom stereocenters. The van der Waals surface area contributed by atoms with Gasteiger partial charge in [0.25, 0.3) is 0 Å². The molecule has 0 spiro atoms. The van der Waals surface area contributed by atoms with Gasteiger partial charge in [-0.2, -0.15) is 0 Å². The third kappa shape index (κ3) is 3.30. The smallest absolute Gasteiger partial charge is 0.0696 e. The molecule has 0 bridgehead atoms. The number of benzene rings is 1. The number of hydrogen-bond acceptors (Lipinski definition) is 2. The van der Waals surface area contributed by atoms with E-state index < -0.39 is 0 Å². The van der Waals surface area contributed by atoms with Crippen LogP contribution in [0.15, 0.2) is 24.3 Å². The van der Waals surface area contributed by atoms with Gasteiger partial charge in [0, 0.05) is 12.6 Å². The highest BCUT2D eigenvalue weighted by Crippen LogP contribution is 2.27. The summed E-state index contributed by atoms with van der Waals surface area (Å²) in [5, 5.41) is 13.5. The number of aryl methyl sites for hydroxylation is 1. The predicted octanol–water partition coefficient (Wildman–Crippen LogP) is 2.15. The van der Waals surface area contributed by atoms with Crippen molar-refractivity contribution in [2.24, 2.45) is 5.92 Å². The van der Waals surface area contributed by atoms with E-state index in [0.29, 0.717) is 18.5 Å². The van der Waals surface area contributed by atoms with E-state index in [0.717, 1.165) is 19.3 Å². The summed E-state index contributed by atoms with van der Waals surface area (Å²) in [6.45, 7) is 4.94. The zero-order valence-corrected chi connectivity index (χ0v) is 10.8. The van der Waals surface area contributed by atoms with Crippen LogP contribution in [0, 0.1) is 5.92 Å². The lowest BCUT2D eigenvalue weighted by atomic mass is 9.81. The molecule has 2 rings (SSSR count). The molecule has 0 heterocycles. The number of fused-ring (bicyclic) bond motifs is 1. The second-order valence-corrected chi connectivity index (χ2v) is 5.40. The average molecular weight is 233 g/mol. The lowest BCUT2D eigenvalue weighted by molar-refractivity contribution is 0.0960. The Morgan fingerprint density at radius 3 is 2.71 bits per heavy atom. The predicted molar refractivity (Wildman–Crippen MR) is 71.1 cm³/mol. The molecule has 1 aliphatic carbocycles. The van der Waals surface area contributed by atoms with Gasteiger partial charge >= 0.3 is 0 Å². The fourth-order valence-electron chi connectivity index (χ4n) is 2.58. The summed E-state index contributed by atoms with van der Waals surface area (Å²) < 4.78 is 0. The molecule has 0 unspecified atom stereocenters. The number of rotatable bonds is 4. The van der Waals surface area contributed by atoms with Gasteiger partial charge < -0.3 is 10.4 Å². The van der Waals surface area contributed by atoms with E-state index >= 15 is 0 Å². The van der Waals surface area contributed by atoms with E-state index in [2.05, 4.69) is 43.4 Å². The Balaban J connectivity index is 1.93. The topological polar surface area (TPSA) is 32.3 Å². The molecule has 2 N–H and O–H groups in total. The Kier molecular flexibility index (Phi) is 4.19.